The van der Waals surface area contributed by atoms with Gasteiger partial charge in [0.1, 0.15) is 18.2 Å². The van der Waals surface area contributed by atoms with E-state index in [9.17, 15) is 19.3 Å². The number of cyclic esters (lactones) is 1. The topological polar surface area (TPSA) is 91.0 Å². The molecule has 0 amide bonds. The number of rotatable bonds is 6. The third-order valence-corrected chi connectivity index (χ3v) is 4.44. The number of para-hydroxylation sites is 1. The molecule has 0 radical (unpaired) electrons. The van der Waals surface area contributed by atoms with E-state index >= 15 is 0 Å². The Bertz CT molecular complexity index is 1220. The molecule has 0 aromatic heterocycles. The number of aliphatic imine (C=N–C) groups is 1. The van der Waals surface area contributed by atoms with Gasteiger partial charge in [0.2, 0.25) is 5.90 Å². The van der Waals surface area contributed by atoms with Crippen molar-refractivity contribution < 1.29 is 23.6 Å². The van der Waals surface area contributed by atoms with Crippen LogP contribution in [0.5, 0.6) is 5.75 Å². The fraction of sp³-hybridized carbons (Fsp3) is 0.0435. The molecule has 154 valence electrons. The molecule has 0 fully saturated rings. The Morgan fingerprint density at radius 3 is 2.58 bits per heavy atom. The molecule has 3 aromatic carbocycles. The van der Waals surface area contributed by atoms with Crippen molar-refractivity contribution in [3.63, 3.8) is 0 Å². The van der Waals surface area contributed by atoms with Crippen molar-refractivity contribution in [2.24, 2.45) is 4.99 Å². The summed E-state index contributed by atoms with van der Waals surface area (Å²) in [6.07, 6.45) is 1.53. The third-order valence-electron chi connectivity index (χ3n) is 4.44. The van der Waals surface area contributed by atoms with Gasteiger partial charge in [0.15, 0.2) is 5.70 Å². The van der Waals surface area contributed by atoms with Crippen LogP contribution in [0.2, 0.25) is 0 Å². The van der Waals surface area contributed by atoms with Crippen LogP contribution in [-0.4, -0.2) is 16.8 Å². The standard InChI is InChI=1S/C23H15FN2O5/c24-18-6-3-4-15(12-18)14-30-21-7-2-1-5-17(21)13-20-23(27)31-22(25-20)16-8-10-19(11-9-16)26(28)29/h1-13H,14H2/b20-13-. The number of non-ortho nitro benzene ring substituents is 1. The number of halogens is 1. The van der Waals surface area contributed by atoms with Crippen molar-refractivity contribution in [1.29, 1.82) is 0 Å². The van der Waals surface area contributed by atoms with Crippen LogP contribution in [0.25, 0.3) is 6.08 Å². The number of carbonyl (C=O) groups excluding carboxylic acids is 1. The van der Waals surface area contributed by atoms with Crippen LogP contribution >= 0.6 is 0 Å². The van der Waals surface area contributed by atoms with Crippen LogP contribution < -0.4 is 4.74 Å². The predicted molar refractivity (Wildman–Crippen MR) is 111 cm³/mol. The first-order chi connectivity index (χ1) is 15.0. The average Bonchev–Trinajstić information content (AvgIpc) is 3.13. The highest BCUT2D eigenvalue weighted by atomic mass is 19.1. The maximum Gasteiger partial charge on any atom is 0.363 e. The number of carbonyl (C=O) groups is 1. The maximum absolute atomic E-state index is 13.4. The molecule has 1 heterocycles. The van der Waals surface area contributed by atoms with Gasteiger partial charge in [-0.05, 0) is 42.0 Å². The van der Waals surface area contributed by atoms with Crippen molar-refractivity contribution in [2.45, 2.75) is 6.61 Å². The monoisotopic (exact) mass is 418 g/mol. The first kappa shape index (κ1) is 20.0. The lowest BCUT2D eigenvalue weighted by atomic mass is 10.1. The number of esters is 1. The normalized spacial score (nSPS) is 14.3. The fourth-order valence-electron chi connectivity index (χ4n) is 2.92. The largest absolute Gasteiger partial charge is 0.488 e. The minimum Gasteiger partial charge on any atom is -0.488 e. The highest BCUT2D eigenvalue weighted by molar-refractivity contribution is 6.13. The molecule has 4 rings (SSSR count). The van der Waals surface area contributed by atoms with E-state index in [1.165, 1.54) is 42.5 Å². The summed E-state index contributed by atoms with van der Waals surface area (Å²) in [6, 6.07) is 18.7. The van der Waals surface area contributed by atoms with Gasteiger partial charge in [0.05, 0.1) is 4.92 Å². The van der Waals surface area contributed by atoms with E-state index in [-0.39, 0.29) is 29.7 Å². The molecule has 0 atom stereocenters. The van der Waals surface area contributed by atoms with E-state index in [4.69, 9.17) is 9.47 Å². The van der Waals surface area contributed by atoms with E-state index in [1.54, 1.807) is 36.4 Å². The zero-order valence-corrected chi connectivity index (χ0v) is 16.0. The molecule has 1 aliphatic rings. The number of nitro groups is 1. The number of hydrogen-bond acceptors (Lipinski definition) is 6. The van der Waals surface area contributed by atoms with E-state index in [0.29, 0.717) is 22.4 Å². The molecule has 0 spiro atoms. The first-order valence-corrected chi connectivity index (χ1v) is 9.23. The van der Waals surface area contributed by atoms with Gasteiger partial charge in [-0.3, -0.25) is 10.1 Å². The van der Waals surface area contributed by atoms with Gasteiger partial charge in [0.25, 0.3) is 5.69 Å². The Labute approximate surface area is 176 Å². The Kier molecular flexibility index (Phi) is 5.53. The smallest absolute Gasteiger partial charge is 0.363 e. The first-order valence-electron chi connectivity index (χ1n) is 9.23. The van der Waals surface area contributed by atoms with Crippen molar-refractivity contribution in [2.75, 3.05) is 0 Å². The maximum atomic E-state index is 13.4. The summed E-state index contributed by atoms with van der Waals surface area (Å²) in [5.41, 5.74) is 1.70. The summed E-state index contributed by atoms with van der Waals surface area (Å²) in [5, 5.41) is 10.8. The van der Waals surface area contributed by atoms with Crippen LogP contribution in [0.1, 0.15) is 16.7 Å². The molecule has 7 nitrogen and oxygen atoms in total. The highest BCUT2D eigenvalue weighted by Crippen LogP contribution is 2.26. The predicted octanol–water partition coefficient (Wildman–Crippen LogP) is 4.66. The number of ether oxygens (including phenoxy) is 2. The molecule has 0 aliphatic carbocycles. The summed E-state index contributed by atoms with van der Waals surface area (Å²) in [7, 11) is 0. The van der Waals surface area contributed by atoms with E-state index in [1.807, 2.05) is 0 Å². The summed E-state index contributed by atoms with van der Waals surface area (Å²) >= 11 is 0. The Morgan fingerprint density at radius 1 is 1.06 bits per heavy atom. The zero-order chi connectivity index (χ0) is 21.8. The van der Waals surface area contributed by atoms with Crippen molar-refractivity contribution in [1.82, 2.24) is 0 Å². The quantitative estimate of drug-likeness (QED) is 0.251. The van der Waals surface area contributed by atoms with E-state index < -0.39 is 10.9 Å². The molecule has 0 saturated heterocycles. The van der Waals surface area contributed by atoms with Crippen LogP contribution in [0.4, 0.5) is 10.1 Å². The van der Waals surface area contributed by atoms with Crippen molar-refractivity contribution in [3.8, 4) is 5.75 Å². The fourth-order valence-corrected chi connectivity index (χ4v) is 2.92. The molecule has 1 aliphatic heterocycles. The van der Waals surface area contributed by atoms with Crippen LogP contribution in [0.15, 0.2) is 83.5 Å². The Hall–Kier alpha value is -4.33. The second kappa shape index (κ2) is 8.58. The number of nitro benzene ring substituents is 1. The summed E-state index contributed by atoms with van der Waals surface area (Å²) < 4.78 is 24.4. The Balaban J connectivity index is 1.56. The van der Waals surface area contributed by atoms with Gasteiger partial charge >= 0.3 is 5.97 Å². The zero-order valence-electron chi connectivity index (χ0n) is 16.0. The van der Waals surface area contributed by atoms with Crippen LogP contribution in [-0.2, 0) is 16.1 Å². The molecule has 0 bridgehead atoms. The molecule has 31 heavy (non-hydrogen) atoms. The number of hydrogen-bond donors (Lipinski definition) is 0. The van der Waals surface area contributed by atoms with Gasteiger partial charge in [-0.1, -0.05) is 30.3 Å². The molecule has 3 aromatic rings. The summed E-state index contributed by atoms with van der Waals surface area (Å²) in [5.74, 6) is -0.443. The Morgan fingerprint density at radius 2 is 1.84 bits per heavy atom. The lowest BCUT2D eigenvalue weighted by Crippen LogP contribution is -2.05. The van der Waals surface area contributed by atoms with E-state index in [0.717, 1.165) is 0 Å². The van der Waals surface area contributed by atoms with Crippen LogP contribution in [0.3, 0.4) is 0 Å². The molecular formula is C23H15FN2O5. The number of nitrogens with zero attached hydrogens (tertiary/aromatic N) is 2. The molecule has 0 N–H and O–H groups in total. The van der Waals surface area contributed by atoms with Crippen LogP contribution in [0, 0.1) is 15.9 Å². The van der Waals surface area contributed by atoms with Gasteiger partial charge in [0, 0.05) is 23.3 Å². The second-order valence-corrected chi connectivity index (χ2v) is 6.60. The van der Waals surface area contributed by atoms with Crippen molar-refractivity contribution >= 4 is 23.6 Å². The van der Waals surface area contributed by atoms with E-state index in [2.05, 4.69) is 4.99 Å². The molecule has 0 unspecified atom stereocenters. The molecular weight excluding hydrogens is 403 g/mol. The van der Waals surface area contributed by atoms with Gasteiger partial charge in [-0.2, -0.15) is 0 Å². The minimum absolute atomic E-state index is 0.0595. The number of benzene rings is 3. The second-order valence-electron chi connectivity index (χ2n) is 6.60. The summed E-state index contributed by atoms with van der Waals surface area (Å²) in [6.45, 7) is 0.152. The highest BCUT2D eigenvalue weighted by Gasteiger charge is 2.25. The molecule has 0 saturated carbocycles. The third kappa shape index (κ3) is 4.64. The average molecular weight is 418 g/mol. The minimum atomic E-state index is -0.645. The van der Waals surface area contributed by atoms with Gasteiger partial charge in [-0.15, -0.1) is 0 Å². The van der Waals surface area contributed by atoms with Gasteiger partial charge < -0.3 is 9.47 Å². The lowest BCUT2D eigenvalue weighted by Gasteiger charge is -2.09. The molecule has 8 heteroatoms. The van der Waals surface area contributed by atoms with Gasteiger partial charge in [-0.25, -0.2) is 14.2 Å². The summed E-state index contributed by atoms with van der Waals surface area (Å²) in [4.78, 5) is 26.7. The lowest BCUT2D eigenvalue weighted by molar-refractivity contribution is -0.384. The SMILES string of the molecule is O=C1OC(c2ccc([N+](=O)[O-])cc2)=N/C1=C\c1ccccc1OCc1cccc(F)c1. The van der Waals surface area contributed by atoms with Crippen molar-refractivity contribution in [3.05, 3.63) is 111 Å².